The second-order valence-electron chi connectivity index (χ2n) is 7.68. The third kappa shape index (κ3) is 4.34. The molecule has 0 aliphatic heterocycles. The fourth-order valence-electron chi connectivity index (χ4n) is 3.63. The fourth-order valence-corrected chi connectivity index (χ4v) is 3.63. The number of carbonyl (C=O) groups excluding carboxylic acids is 1. The monoisotopic (exact) mass is 452 g/mol. The van der Waals surface area contributed by atoms with Gasteiger partial charge in [0, 0.05) is 6.07 Å². The molecule has 0 spiro atoms. The Balaban J connectivity index is 1.32. The molecule has 5 rings (SSSR count). The third-order valence-electron chi connectivity index (χ3n) is 5.44. The largest absolute Gasteiger partial charge is 0.489 e. The lowest BCUT2D eigenvalue weighted by molar-refractivity contribution is 0.0600. The average Bonchev–Trinajstić information content (AvgIpc) is 2.89. The molecule has 0 aliphatic rings. The lowest BCUT2D eigenvalue weighted by atomic mass is 10.1. The van der Waals surface area contributed by atoms with Crippen LogP contribution >= 0.6 is 0 Å². The summed E-state index contributed by atoms with van der Waals surface area (Å²) in [7, 11) is 1.34. The van der Waals surface area contributed by atoms with Crippen LogP contribution in [0.1, 0.15) is 15.9 Å². The van der Waals surface area contributed by atoms with Crippen LogP contribution in [-0.4, -0.2) is 13.1 Å². The molecule has 0 N–H and O–H groups in total. The first kappa shape index (κ1) is 21.3. The minimum Gasteiger partial charge on any atom is -0.489 e. The Labute approximate surface area is 194 Å². The smallest absolute Gasteiger partial charge is 0.337 e. The van der Waals surface area contributed by atoms with Crippen LogP contribution < -0.4 is 14.9 Å². The molecule has 0 saturated carbocycles. The quantitative estimate of drug-likeness (QED) is 0.290. The normalized spacial score (nSPS) is 10.9. The van der Waals surface area contributed by atoms with Crippen LogP contribution in [0.15, 0.2) is 100 Å². The summed E-state index contributed by atoms with van der Waals surface area (Å²) >= 11 is 0. The first-order valence-electron chi connectivity index (χ1n) is 10.6. The van der Waals surface area contributed by atoms with Gasteiger partial charge in [0.15, 0.2) is 0 Å². The van der Waals surface area contributed by atoms with Crippen molar-refractivity contribution >= 4 is 27.7 Å². The minimum atomic E-state index is -0.388. The number of rotatable bonds is 6. The van der Waals surface area contributed by atoms with Gasteiger partial charge in [-0.3, -0.25) is 4.79 Å². The van der Waals surface area contributed by atoms with Gasteiger partial charge < -0.3 is 18.6 Å². The number of methoxy groups -OCH3 is 1. The van der Waals surface area contributed by atoms with E-state index in [1.807, 2.05) is 42.5 Å². The third-order valence-corrected chi connectivity index (χ3v) is 5.44. The number of benzene rings is 4. The van der Waals surface area contributed by atoms with Gasteiger partial charge in [0.2, 0.25) is 11.2 Å². The molecule has 0 aliphatic carbocycles. The van der Waals surface area contributed by atoms with Crippen molar-refractivity contribution in [2.45, 2.75) is 6.61 Å². The van der Waals surface area contributed by atoms with E-state index in [0.29, 0.717) is 34.6 Å². The van der Waals surface area contributed by atoms with E-state index in [0.717, 1.165) is 16.3 Å². The van der Waals surface area contributed by atoms with Crippen LogP contribution in [0.3, 0.4) is 0 Å². The fraction of sp³-hybridized carbons (Fsp3) is 0.0714. The van der Waals surface area contributed by atoms with Crippen molar-refractivity contribution in [1.29, 1.82) is 0 Å². The lowest BCUT2D eigenvalue weighted by Gasteiger charge is -2.09. The van der Waals surface area contributed by atoms with Gasteiger partial charge in [0.05, 0.1) is 18.1 Å². The second-order valence-corrected chi connectivity index (χ2v) is 7.68. The Hall–Kier alpha value is -4.58. The molecule has 0 amide bonds. The van der Waals surface area contributed by atoms with E-state index in [-0.39, 0.29) is 17.1 Å². The summed E-state index contributed by atoms with van der Waals surface area (Å²) in [6.07, 6.45) is 1.31. The topological polar surface area (TPSA) is 75.0 Å². The second kappa shape index (κ2) is 9.11. The average molecular weight is 452 g/mol. The van der Waals surface area contributed by atoms with Crippen molar-refractivity contribution in [1.82, 2.24) is 0 Å². The van der Waals surface area contributed by atoms with Crippen LogP contribution in [0.5, 0.6) is 17.2 Å². The van der Waals surface area contributed by atoms with E-state index in [4.69, 9.17) is 18.6 Å². The molecule has 0 saturated heterocycles. The van der Waals surface area contributed by atoms with Crippen molar-refractivity contribution in [2.75, 3.05) is 7.11 Å². The molecule has 168 valence electrons. The van der Waals surface area contributed by atoms with E-state index in [1.165, 1.54) is 13.4 Å². The van der Waals surface area contributed by atoms with Gasteiger partial charge in [-0.2, -0.15) is 0 Å². The predicted molar refractivity (Wildman–Crippen MR) is 129 cm³/mol. The first-order valence-corrected chi connectivity index (χ1v) is 10.6. The summed E-state index contributed by atoms with van der Waals surface area (Å²) in [5.74, 6) is 0.836. The SMILES string of the molecule is COC(=O)c1ccc(COc2ccc3c(=O)c(Oc4ccc5ccccc5c4)coc3c2)cc1. The molecule has 1 heterocycles. The maximum atomic E-state index is 12.9. The Morgan fingerprint density at radius 2 is 1.62 bits per heavy atom. The van der Waals surface area contributed by atoms with E-state index in [9.17, 15) is 9.59 Å². The van der Waals surface area contributed by atoms with Crippen molar-refractivity contribution in [2.24, 2.45) is 0 Å². The van der Waals surface area contributed by atoms with Gasteiger partial charge in [-0.15, -0.1) is 0 Å². The van der Waals surface area contributed by atoms with Crippen LogP contribution in [0, 0.1) is 0 Å². The molecule has 6 nitrogen and oxygen atoms in total. The van der Waals surface area contributed by atoms with Crippen molar-refractivity contribution < 1.29 is 23.4 Å². The number of fused-ring (bicyclic) bond motifs is 2. The summed E-state index contributed by atoms with van der Waals surface area (Å²) in [6, 6.07) is 25.6. The predicted octanol–water partition coefficient (Wildman–Crippen LogP) is 6.10. The van der Waals surface area contributed by atoms with E-state index >= 15 is 0 Å². The Kier molecular flexibility index (Phi) is 5.70. The van der Waals surface area contributed by atoms with Gasteiger partial charge in [-0.05, 0) is 52.7 Å². The molecule has 1 aromatic heterocycles. The maximum Gasteiger partial charge on any atom is 0.337 e. The van der Waals surface area contributed by atoms with E-state index in [1.54, 1.807) is 42.5 Å². The molecular weight excluding hydrogens is 432 g/mol. The summed E-state index contributed by atoms with van der Waals surface area (Å²) in [5, 5.41) is 2.51. The summed E-state index contributed by atoms with van der Waals surface area (Å²) in [5.41, 5.74) is 1.49. The molecule has 0 radical (unpaired) electrons. The zero-order valence-electron chi connectivity index (χ0n) is 18.3. The molecular formula is C28H20O6. The number of carbonyl (C=O) groups is 1. The van der Waals surface area contributed by atoms with Gasteiger partial charge in [0.25, 0.3) is 0 Å². The molecule has 34 heavy (non-hydrogen) atoms. The maximum absolute atomic E-state index is 12.9. The zero-order valence-corrected chi connectivity index (χ0v) is 18.3. The Morgan fingerprint density at radius 1 is 0.853 bits per heavy atom. The van der Waals surface area contributed by atoms with Gasteiger partial charge in [0.1, 0.15) is 30.0 Å². The Morgan fingerprint density at radius 3 is 2.41 bits per heavy atom. The highest BCUT2D eigenvalue weighted by Crippen LogP contribution is 2.27. The number of hydrogen-bond donors (Lipinski definition) is 0. The van der Waals surface area contributed by atoms with Crippen molar-refractivity contribution in [3.05, 3.63) is 113 Å². The molecule has 5 aromatic rings. The summed E-state index contributed by atoms with van der Waals surface area (Å²) < 4.78 is 22.0. The standard InChI is InChI=1S/C28H20O6/c1-31-28(30)20-8-6-18(7-9-20)16-32-22-12-13-24-25(15-22)33-17-26(27(24)29)34-23-11-10-19-4-2-3-5-21(19)14-23/h2-15,17H,16H2,1H3. The molecule has 0 fully saturated rings. The Bertz CT molecular complexity index is 1550. The highest BCUT2D eigenvalue weighted by molar-refractivity contribution is 5.89. The summed E-state index contributed by atoms with van der Waals surface area (Å²) in [4.78, 5) is 24.5. The highest BCUT2D eigenvalue weighted by Gasteiger charge is 2.11. The molecule has 4 aromatic carbocycles. The van der Waals surface area contributed by atoms with Crippen LogP contribution in [-0.2, 0) is 11.3 Å². The molecule has 0 unspecified atom stereocenters. The van der Waals surface area contributed by atoms with E-state index in [2.05, 4.69) is 0 Å². The molecule has 6 heteroatoms. The van der Waals surface area contributed by atoms with Crippen molar-refractivity contribution in [3.8, 4) is 17.2 Å². The first-order chi connectivity index (χ1) is 16.6. The highest BCUT2D eigenvalue weighted by atomic mass is 16.5. The van der Waals surface area contributed by atoms with Gasteiger partial charge in [-0.1, -0.05) is 42.5 Å². The van der Waals surface area contributed by atoms with Crippen LogP contribution in [0.25, 0.3) is 21.7 Å². The number of esters is 1. The zero-order chi connectivity index (χ0) is 23.5. The minimum absolute atomic E-state index is 0.113. The van der Waals surface area contributed by atoms with Gasteiger partial charge in [-0.25, -0.2) is 4.79 Å². The molecule has 0 bridgehead atoms. The van der Waals surface area contributed by atoms with Crippen LogP contribution in [0.2, 0.25) is 0 Å². The van der Waals surface area contributed by atoms with Crippen LogP contribution in [0.4, 0.5) is 0 Å². The molecule has 0 atom stereocenters. The van der Waals surface area contributed by atoms with E-state index < -0.39 is 0 Å². The number of hydrogen-bond acceptors (Lipinski definition) is 6. The summed E-state index contributed by atoms with van der Waals surface area (Å²) in [6.45, 7) is 0.292. The van der Waals surface area contributed by atoms with Gasteiger partial charge >= 0.3 is 5.97 Å². The lowest BCUT2D eigenvalue weighted by Crippen LogP contribution is -2.05. The van der Waals surface area contributed by atoms with Crippen molar-refractivity contribution in [3.63, 3.8) is 0 Å². The number of ether oxygens (including phenoxy) is 3.